The van der Waals surface area contributed by atoms with Gasteiger partial charge in [0.05, 0.1) is 24.5 Å². The van der Waals surface area contributed by atoms with Crippen LogP contribution in [0.4, 0.5) is 5.13 Å². The number of hydrogen-bond donors (Lipinski definition) is 1. The molecule has 1 amide bonds. The van der Waals surface area contributed by atoms with Gasteiger partial charge in [0.25, 0.3) is 10.0 Å². The SMILES string of the molecule is COc1ccc(OC)c2sc(NC(=O)C3CCCN(S(=O)(=O)c4ccc(Cl)s4)C3)nc12. The van der Waals surface area contributed by atoms with Crippen LogP contribution < -0.4 is 14.8 Å². The Bertz CT molecular complexity index is 1180. The van der Waals surface area contributed by atoms with Crippen molar-refractivity contribution in [3.63, 3.8) is 0 Å². The minimum atomic E-state index is -3.68. The lowest BCUT2D eigenvalue weighted by Crippen LogP contribution is -2.43. The van der Waals surface area contributed by atoms with Crippen molar-refractivity contribution < 1.29 is 22.7 Å². The minimum Gasteiger partial charge on any atom is -0.495 e. The second-order valence-corrected chi connectivity index (χ2v) is 11.8. The molecular formula is C19H20ClN3O5S3. The van der Waals surface area contributed by atoms with Crippen LogP contribution >= 0.6 is 34.3 Å². The number of methoxy groups -OCH3 is 2. The zero-order valence-electron chi connectivity index (χ0n) is 16.8. The number of sulfonamides is 1. The summed E-state index contributed by atoms with van der Waals surface area (Å²) in [6.45, 7) is 0.485. The number of hydrogen-bond acceptors (Lipinski definition) is 8. The van der Waals surface area contributed by atoms with E-state index >= 15 is 0 Å². The van der Waals surface area contributed by atoms with Gasteiger partial charge in [0.1, 0.15) is 25.9 Å². The molecule has 1 atom stereocenters. The quantitative estimate of drug-likeness (QED) is 0.546. The van der Waals surface area contributed by atoms with E-state index in [1.807, 2.05) is 0 Å². The molecule has 2 aromatic heterocycles. The van der Waals surface area contributed by atoms with Crippen molar-refractivity contribution in [1.29, 1.82) is 0 Å². The van der Waals surface area contributed by atoms with E-state index < -0.39 is 15.9 Å². The second kappa shape index (κ2) is 8.91. The lowest BCUT2D eigenvalue weighted by molar-refractivity contribution is -0.120. The molecule has 3 aromatic rings. The van der Waals surface area contributed by atoms with Gasteiger partial charge in [0.15, 0.2) is 5.13 Å². The maximum Gasteiger partial charge on any atom is 0.252 e. The van der Waals surface area contributed by atoms with Crippen LogP contribution in [0.1, 0.15) is 12.8 Å². The van der Waals surface area contributed by atoms with Crippen LogP contribution in [0.3, 0.4) is 0 Å². The van der Waals surface area contributed by atoms with E-state index in [1.54, 1.807) is 32.4 Å². The zero-order chi connectivity index (χ0) is 22.2. The van der Waals surface area contributed by atoms with Crippen LogP contribution in [0.15, 0.2) is 28.5 Å². The maximum absolute atomic E-state index is 12.9. The van der Waals surface area contributed by atoms with Gasteiger partial charge < -0.3 is 14.8 Å². The Kier molecular flexibility index (Phi) is 6.40. The number of carbonyl (C=O) groups excluding carboxylic acids is 1. The van der Waals surface area contributed by atoms with E-state index in [0.29, 0.717) is 45.9 Å². The Labute approximate surface area is 192 Å². The van der Waals surface area contributed by atoms with Gasteiger partial charge in [-0.05, 0) is 37.1 Å². The van der Waals surface area contributed by atoms with Gasteiger partial charge in [-0.2, -0.15) is 4.31 Å². The molecule has 8 nitrogen and oxygen atoms in total. The molecule has 1 fully saturated rings. The van der Waals surface area contributed by atoms with Crippen molar-refractivity contribution in [1.82, 2.24) is 9.29 Å². The average molecular weight is 502 g/mol. The van der Waals surface area contributed by atoms with E-state index in [0.717, 1.165) is 16.0 Å². The standard InChI is InChI=1S/C19H20ClN3O5S3/c1-27-12-5-6-13(28-2)17-16(12)21-19(30-17)22-18(24)11-4-3-9-23(10-11)31(25,26)15-8-7-14(20)29-15/h5-8,11H,3-4,9-10H2,1-2H3,(H,21,22,24). The van der Waals surface area contributed by atoms with Crippen LogP contribution in [-0.4, -0.2) is 50.9 Å². The number of aromatic nitrogens is 1. The lowest BCUT2D eigenvalue weighted by Gasteiger charge is -2.30. The maximum atomic E-state index is 12.9. The van der Waals surface area contributed by atoms with Crippen LogP contribution in [0, 0.1) is 5.92 Å². The molecule has 0 bridgehead atoms. The average Bonchev–Trinajstić information content (AvgIpc) is 3.39. The summed E-state index contributed by atoms with van der Waals surface area (Å²) in [4.78, 5) is 17.4. The molecule has 0 aliphatic carbocycles. The monoisotopic (exact) mass is 501 g/mol. The second-order valence-electron chi connectivity index (χ2n) is 6.92. The number of nitrogens with one attached hydrogen (secondary N) is 1. The molecule has 0 saturated carbocycles. The van der Waals surface area contributed by atoms with Gasteiger partial charge in [0.2, 0.25) is 5.91 Å². The number of halogens is 1. The first-order valence-corrected chi connectivity index (χ1v) is 12.9. The van der Waals surface area contributed by atoms with Gasteiger partial charge in [-0.3, -0.25) is 4.79 Å². The Hall–Kier alpha value is -1.92. The van der Waals surface area contributed by atoms with E-state index in [1.165, 1.54) is 21.7 Å². The van der Waals surface area contributed by atoms with Crippen molar-refractivity contribution in [2.24, 2.45) is 5.92 Å². The Morgan fingerprint density at radius 3 is 2.61 bits per heavy atom. The predicted molar refractivity (Wildman–Crippen MR) is 122 cm³/mol. The third-order valence-corrected chi connectivity index (χ3v) is 9.59. The molecule has 1 saturated heterocycles. The Morgan fingerprint density at radius 2 is 1.94 bits per heavy atom. The molecule has 0 radical (unpaired) electrons. The van der Waals surface area contributed by atoms with Gasteiger partial charge in [-0.15, -0.1) is 11.3 Å². The fraction of sp³-hybridized carbons (Fsp3) is 0.368. The van der Waals surface area contributed by atoms with Crippen molar-refractivity contribution in [2.45, 2.75) is 17.1 Å². The molecule has 4 rings (SSSR count). The minimum absolute atomic E-state index is 0.112. The summed E-state index contributed by atoms with van der Waals surface area (Å²) in [6.07, 6.45) is 1.19. The molecule has 1 unspecified atom stereocenters. The number of amides is 1. The molecule has 31 heavy (non-hydrogen) atoms. The van der Waals surface area contributed by atoms with Gasteiger partial charge >= 0.3 is 0 Å². The molecule has 1 N–H and O–H groups in total. The number of piperidine rings is 1. The van der Waals surface area contributed by atoms with Crippen LogP contribution in [0.5, 0.6) is 11.5 Å². The number of carbonyl (C=O) groups is 1. The number of nitrogens with zero attached hydrogens (tertiary/aromatic N) is 2. The van der Waals surface area contributed by atoms with E-state index in [-0.39, 0.29) is 16.7 Å². The lowest BCUT2D eigenvalue weighted by atomic mass is 9.99. The fourth-order valence-electron chi connectivity index (χ4n) is 3.48. The summed E-state index contributed by atoms with van der Waals surface area (Å²) < 4.78 is 39.2. The third kappa shape index (κ3) is 4.37. The summed E-state index contributed by atoms with van der Waals surface area (Å²) >= 11 is 8.20. The molecule has 166 valence electrons. The van der Waals surface area contributed by atoms with Crippen molar-refractivity contribution in [3.8, 4) is 11.5 Å². The van der Waals surface area contributed by atoms with Gasteiger partial charge in [-0.1, -0.05) is 22.9 Å². The van der Waals surface area contributed by atoms with Crippen LogP contribution in [0.25, 0.3) is 10.2 Å². The van der Waals surface area contributed by atoms with E-state index in [4.69, 9.17) is 21.1 Å². The molecule has 3 heterocycles. The highest BCUT2D eigenvalue weighted by Crippen LogP contribution is 2.39. The van der Waals surface area contributed by atoms with Crippen molar-refractivity contribution in [3.05, 3.63) is 28.6 Å². The van der Waals surface area contributed by atoms with Crippen LogP contribution in [0.2, 0.25) is 4.34 Å². The first kappa shape index (κ1) is 22.3. The highest BCUT2D eigenvalue weighted by Gasteiger charge is 2.34. The number of thiophene rings is 1. The predicted octanol–water partition coefficient (Wildman–Crippen LogP) is 4.07. The summed E-state index contributed by atoms with van der Waals surface area (Å²) in [5.41, 5.74) is 0.601. The van der Waals surface area contributed by atoms with Crippen LogP contribution in [-0.2, 0) is 14.8 Å². The van der Waals surface area contributed by atoms with Crippen molar-refractivity contribution >= 4 is 65.6 Å². The number of ether oxygens (including phenoxy) is 2. The fourth-order valence-corrected chi connectivity index (χ4v) is 7.62. The Balaban J connectivity index is 1.52. The summed E-state index contributed by atoms with van der Waals surface area (Å²) in [6, 6.07) is 6.59. The molecule has 12 heteroatoms. The number of thiazole rings is 1. The number of fused-ring (bicyclic) bond motifs is 1. The Morgan fingerprint density at radius 1 is 1.19 bits per heavy atom. The summed E-state index contributed by atoms with van der Waals surface area (Å²) in [7, 11) is -0.559. The van der Waals surface area contributed by atoms with E-state index in [2.05, 4.69) is 10.3 Å². The highest BCUT2D eigenvalue weighted by molar-refractivity contribution is 7.91. The van der Waals surface area contributed by atoms with Gasteiger partial charge in [0, 0.05) is 13.1 Å². The summed E-state index contributed by atoms with van der Waals surface area (Å²) in [5, 5.41) is 3.25. The molecule has 1 aliphatic heterocycles. The topological polar surface area (TPSA) is 97.8 Å². The number of benzene rings is 1. The first-order valence-electron chi connectivity index (χ1n) is 9.41. The zero-order valence-corrected chi connectivity index (χ0v) is 20.0. The normalized spacial score (nSPS) is 17.6. The molecular weight excluding hydrogens is 482 g/mol. The molecule has 1 aliphatic rings. The molecule has 0 spiro atoms. The number of rotatable bonds is 6. The summed E-state index contributed by atoms with van der Waals surface area (Å²) in [5.74, 6) is 0.478. The largest absolute Gasteiger partial charge is 0.495 e. The van der Waals surface area contributed by atoms with Gasteiger partial charge in [-0.25, -0.2) is 13.4 Å². The van der Waals surface area contributed by atoms with E-state index in [9.17, 15) is 13.2 Å². The smallest absolute Gasteiger partial charge is 0.252 e. The highest BCUT2D eigenvalue weighted by atomic mass is 35.5. The molecule has 1 aromatic carbocycles. The van der Waals surface area contributed by atoms with Crippen molar-refractivity contribution in [2.75, 3.05) is 32.6 Å². The third-order valence-electron chi connectivity index (χ3n) is 5.04. The number of anilines is 1. The first-order chi connectivity index (χ1) is 14.8.